The highest BCUT2D eigenvalue weighted by molar-refractivity contribution is 7.80. The summed E-state index contributed by atoms with van der Waals surface area (Å²) < 4.78 is 6.17. The third kappa shape index (κ3) is 2.88. The normalized spacial score (nSPS) is 16.0. The minimum atomic E-state index is -0.703. The molecule has 0 N–H and O–H groups in total. The van der Waals surface area contributed by atoms with E-state index in [4.69, 9.17) is 17.0 Å². The first-order valence-corrected chi connectivity index (χ1v) is 12.4. The number of hydrogen-bond acceptors (Lipinski definition) is 7. The van der Waals surface area contributed by atoms with Crippen molar-refractivity contribution in [3.05, 3.63) is 62.3 Å². The maximum Gasteiger partial charge on any atom is 0.262 e. The first kappa shape index (κ1) is 21.0. The van der Waals surface area contributed by atoms with Crippen LogP contribution in [0.15, 0.2) is 42.5 Å². The van der Waals surface area contributed by atoms with E-state index in [2.05, 4.69) is 0 Å². The van der Waals surface area contributed by atoms with Gasteiger partial charge in [0.25, 0.3) is 11.8 Å². The topological polar surface area (TPSA) is 66.9 Å². The van der Waals surface area contributed by atoms with Crippen LogP contribution in [0.4, 0.5) is 5.69 Å². The van der Waals surface area contributed by atoms with Gasteiger partial charge in [-0.05, 0) is 44.2 Å². The van der Waals surface area contributed by atoms with Crippen molar-refractivity contribution in [2.75, 3.05) is 18.6 Å². The van der Waals surface area contributed by atoms with Crippen molar-refractivity contribution in [2.45, 2.75) is 19.4 Å². The van der Waals surface area contributed by atoms with E-state index in [1.165, 1.54) is 10.3 Å². The van der Waals surface area contributed by atoms with Crippen LogP contribution < -0.4 is 9.64 Å². The number of amides is 3. The van der Waals surface area contributed by atoms with Crippen LogP contribution in [0, 0.1) is 3.82 Å². The standard InChI is InChI=1S/C23H18N2O4S3/c1-23(2)19-18(22(30)32-31-19)15-10-12(29-3)8-9-16(15)25(23)17(26)11-24-20(27)13-6-4-5-7-14(13)21(24)28/h4-10H,11H2,1-3H3. The molecule has 3 aromatic rings. The molecule has 0 unspecified atom stereocenters. The molecule has 0 atom stereocenters. The molecule has 9 heteroatoms. The number of hydrogen-bond donors (Lipinski definition) is 0. The monoisotopic (exact) mass is 482 g/mol. The number of rotatable bonds is 3. The van der Waals surface area contributed by atoms with Gasteiger partial charge in [-0.2, -0.15) is 0 Å². The van der Waals surface area contributed by atoms with Crippen LogP contribution in [0.3, 0.4) is 0 Å². The molecule has 0 fully saturated rings. The summed E-state index contributed by atoms with van der Waals surface area (Å²) >= 11 is 5.61. The summed E-state index contributed by atoms with van der Waals surface area (Å²) in [5, 5.41) is 0. The largest absolute Gasteiger partial charge is 0.497 e. The molecule has 2 aromatic carbocycles. The van der Waals surface area contributed by atoms with Crippen molar-refractivity contribution in [2.24, 2.45) is 0 Å². The van der Waals surface area contributed by atoms with Crippen LogP contribution in [0.25, 0.3) is 11.1 Å². The predicted octanol–water partition coefficient (Wildman–Crippen LogP) is 5.09. The Bertz CT molecular complexity index is 1340. The van der Waals surface area contributed by atoms with Gasteiger partial charge in [0.15, 0.2) is 0 Å². The molecule has 3 amide bonds. The van der Waals surface area contributed by atoms with E-state index in [-0.39, 0.29) is 12.5 Å². The van der Waals surface area contributed by atoms with Crippen molar-refractivity contribution in [1.29, 1.82) is 0 Å². The fraction of sp³-hybridized carbons (Fsp3) is 0.217. The van der Waals surface area contributed by atoms with Crippen molar-refractivity contribution >= 4 is 56.3 Å². The van der Waals surface area contributed by atoms with Crippen LogP contribution in [0.5, 0.6) is 5.75 Å². The summed E-state index contributed by atoms with van der Waals surface area (Å²) in [5.41, 5.74) is 2.39. The van der Waals surface area contributed by atoms with Crippen LogP contribution >= 0.6 is 32.9 Å². The molecular formula is C23H18N2O4S3. The van der Waals surface area contributed by atoms with E-state index in [1.807, 2.05) is 26.0 Å². The number of benzene rings is 2. The van der Waals surface area contributed by atoms with Crippen molar-refractivity contribution in [1.82, 2.24) is 4.90 Å². The summed E-state index contributed by atoms with van der Waals surface area (Å²) in [4.78, 5) is 43.0. The number of ether oxygens (including phenoxy) is 1. The Morgan fingerprint density at radius 3 is 2.31 bits per heavy atom. The molecule has 162 valence electrons. The number of anilines is 1. The molecule has 2 aliphatic heterocycles. The number of methoxy groups -OCH3 is 1. The molecule has 5 rings (SSSR count). The second kappa shape index (κ2) is 7.33. The van der Waals surface area contributed by atoms with Crippen LogP contribution in [-0.2, 0) is 10.3 Å². The number of nitrogens with zero attached hydrogens (tertiary/aromatic N) is 2. The molecule has 0 bridgehead atoms. The van der Waals surface area contributed by atoms with Gasteiger partial charge < -0.3 is 4.74 Å². The minimum Gasteiger partial charge on any atom is -0.497 e. The highest BCUT2D eigenvalue weighted by atomic mass is 32.9. The Morgan fingerprint density at radius 2 is 1.69 bits per heavy atom. The van der Waals surface area contributed by atoms with Gasteiger partial charge in [0.05, 0.1) is 34.3 Å². The lowest BCUT2D eigenvalue weighted by Crippen LogP contribution is -2.52. The second-order valence-corrected chi connectivity index (χ2v) is 10.9. The molecule has 0 saturated carbocycles. The van der Waals surface area contributed by atoms with Crippen molar-refractivity contribution in [3.63, 3.8) is 0 Å². The van der Waals surface area contributed by atoms with Gasteiger partial charge in [-0.25, -0.2) is 0 Å². The van der Waals surface area contributed by atoms with Gasteiger partial charge in [0, 0.05) is 11.1 Å². The van der Waals surface area contributed by atoms with E-state index in [9.17, 15) is 14.4 Å². The smallest absolute Gasteiger partial charge is 0.262 e. The third-order valence-electron chi connectivity index (χ3n) is 5.88. The summed E-state index contributed by atoms with van der Waals surface area (Å²) in [5.74, 6) is -0.579. The number of carbonyl (C=O) groups is 3. The molecule has 0 saturated heterocycles. The van der Waals surface area contributed by atoms with Gasteiger partial charge >= 0.3 is 0 Å². The summed E-state index contributed by atoms with van der Waals surface area (Å²) in [6.07, 6.45) is 0. The molecule has 0 radical (unpaired) electrons. The van der Waals surface area contributed by atoms with E-state index in [0.717, 1.165) is 24.7 Å². The lowest BCUT2D eigenvalue weighted by molar-refractivity contribution is -0.120. The van der Waals surface area contributed by atoms with Gasteiger partial charge in [-0.1, -0.05) is 45.0 Å². The van der Waals surface area contributed by atoms with Gasteiger partial charge in [0.1, 0.15) is 16.1 Å². The maximum atomic E-state index is 13.7. The minimum absolute atomic E-state index is 0.325. The lowest BCUT2D eigenvalue weighted by atomic mass is 9.87. The third-order valence-corrected chi connectivity index (χ3v) is 9.21. The van der Waals surface area contributed by atoms with E-state index >= 15 is 0 Å². The van der Waals surface area contributed by atoms with Crippen LogP contribution in [-0.4, -0.2) is 36.3 Å². The fourth-order valence-electron chi connectivity index (χ4n) is 4.37. The highest BCUT2D eigenvalue weighted by Crippen LogP contribution is 2.52. The zero-order valence-electron chi connectivity index (χ0n) is 17.5. The quantitative estimate of drug-likeness (QED) is 0.295. The summed E-state index contributed by atoms with van der Waals surface area (Å²) in [6, 6.07) is 12.1. The Hall–Kier alpha value is -2.88. The van der Waals surface area contributed by atoms with E-state index in [1.54, 1.807) is 52.7 Å². The average molecular weight is 483 g/mol. The molecular weight excluding hydrogens is 464 g/mol. The molecule has 32 heavy (non-hydrogen) atoms. The SMILES string of the molecule is COc1ccc2c(c1)-c1c(ssc1=S)C(C)(C)N2C(=O)CN1C(=O)c2ccccc2C1=O. The van der Waals surface area contributed by atoms with Gasteiger partial charge in [-0.3, -0.25) is 24.2 Å². The first-order chi connectivity index (χ1) is 15.3. The molecule has 3 heterocycles. The Morgan fingerprint density at radius 1 is 1.03 bits per heavy atom. The maximum absolute atomic E-state index is 13.7. The zero-order chi connectivity index (χ0) is 22.8. The van der Waals surface area contributed by atoms with Crippen LogP contribution in [0.2, 0.25) is 0 Å². The van der Waals surface area contributed by atoms with Crippen LogP contribution in [0.1, 0.15) is 39.4 Å². The van der Waals surface area contributed by atoms with E-state index in [0.29, 0.717) is 22.6 Å². The highest BCUT2D eigenvalue weighted by Gasteiger charge is 2.45. The number of imide groups is 1. The van der Waals surface area contributed by atoms with E-state index < -0.39 is 17.4 Å². The number of carbonyl (C=O) groups excluding carboxylic acids is 3. The Kier molecular flexibility index (Phi) is 4.81. The first-order valence-electron chi connectivity index (χ1n) is 9.86. The van der Waals surface area contributed by atoms with Gasteiger partial charge in [-0.15, -0.1) is 0 Å². The number of fused-ring (bicyclic) bond motifs is 4. The summed E-state index contributed by atoms with van der Waals surface area (Å²) in [7, 11) is 4.63. The molecule has 6 nitrogen and oxygen atoms in total. The zero-order valence-corrected chi connectivity index (χ0v) is 20.0. The Balaban J connectivity index is 1.58. The molecule has 0 aliphatic carbocycles. The van der Waals surface area contributed by atoms with Crippen molar-refractivity contribution in [3.8, 4) is 16.9 Å². The fourth-order valence-corrected chi connectivity index (χ4v) is 7.65. The molecule has 2 aliphatic rings. The van der Waals surface area contributed by atoms with Crippen molar-refractivity contribution < 1.29 is 19.1 Å². The lowest BCUT2D eigenvalue weighted by Gasteiger charge is -2.43. The summed E-state index contributed by atoms with van der Waals surface area (Å²) in [6.45, 7) is 3.57. The average Bonchev–Trinajstić information content (AvgIpc) is 3.28. The molecule has 0 spiro atoms. The predicted molar refractivity (Wildman–Crippen MR) is 127 cm³/mol. The second-order valence-electron chi connectivity index (χ2n) is 8.07. The molecule has 1 aromatic heterocycles. The van der Waals surface area contributed by atoms with Gasteiger partial charge in [0.2, 0.25) is 5.91 Å². The Labute approximate surface area is 197 Å².